The highest BCUT2D eigenvalue weighted by molar-refractivity contribution is 5.74. The van der Waals surface area contributed by atoms with Crippen molar-refractivity contribution < 1.29 is 31.1 Å². The highest BCUT2D eigenvalue weighted by atomic mass is 19.4. The third-order valence-electron chi connectivity index (χ3n) is 1.92. The average Bonchev–Trinajstić information content (AvgIpc) is 2.10. The summed E-state index contributed by atoms with van der Waals surface area (Å²) in [6, 6.07) is -5.88. The Labute approximate surface area is 93.5 Å². The van der Waals surface area contributed by atoms with Gasteiger partial charge in [-0.25, -0.2) is 4.79 Å². The number of nitrogens with one attached hydrogen (secondary N) is 2. The number of hydrogen-bond donors (Lipinski definition) is 2. The Morgan fingerprint density at radius 2 is 1.47 bits per heavy atom. The van der Waals surface area contributed by atoms with Crippen LogP contribution >= 0.6 is 0 Å². The lowest BCUT2D eigenvalue weighted by atomic mass is 10.2. The number of carbonyl (C=O) groups is 1. The van der Waals surface area contributed by atoms with Crippen molar-refractivity contribution >= 4 is 6.03 Å². The summed E-state index contributed by atoms with van der Waals surface area (Å²) in [5, 5.41) is 2.82. The third kappa shape index (κ3) is 5.64. The van der Waals surface area contributed by atoms with Crippen LogP contribution in [-0.4, -0.2) is 30.5 Å². The van der Waals surface area contributed by atoms with E-state index in [9.17, 15) is 31.1 Å². The molecular formula is C8H12F6N2O. The number of alkyl halides is 6. The Hall–Kier alpha value is -1.15. The first-order chi connectivity index (χ1) is 7.48. The first-order valence-corrected chi connectivity index (χ1v) is 4.69. The van der Waals surface area contributed by atoms with Gasteiger partial charge in [0.25, 0.3) is 0 Å². The standard InChI is InChI=1S/C8H12F6N2O/c1-3-4(2)15-6(17)16-5(7(9,10)11)8(12,13)14/h4-5H,3H2,1-2H3,(H2,15,16,17)/t4-/m0/s1. The summed E-state index contributed by atoms with van der Waals surface area (Å²) in [5.41, 5.74) is 0. The lowest BCUT2D eigenvalue weighted by molar-refractivity contribution is -0.255. The molecule has 0 aromatic heterocycles. The van der Waals surface area contributed by atoms with E-state index < -0.39 is 30.5 Å². The number of rotatable bonds is 3. The highest BCUT2D eigenvalue weighted by Gasteiger charge is 2.57. The van der Waals surface area contributed by atoms with Crippen molar-refractivity contribution in [1.82, 2.24) is 10.6 Å². The molecule has 0 radical (unpaired) electrons. The number of urea groups is 1. The molecule has 9 heteroatoms. The predicted molar refractivity (Wildman–Crippen MR) is 47.3 cm³/mol. The molecule has 0 aromatic carbocycles. The molecule has 0 fully saturated rings. The molecule has 0 aliphatic heterocycles. The minimum Gasteiger partial charge on any atom is -0.336 e. The maximum Gasteiger partial charge on any atom is 0.417 e. The fourth-order valence-electron chi connectivity index (χ4n) is 0.848. The van der Waals surface area contributed by atoms with Gasteiger partial charge in [0, 0.05) is 6.04 Å². The van der Waals surface area contributed by atoms with E-state index >= 15 is 0 Å². The lowest BCUT2D eigenvalue weighted by Gasteiger charge is -2.24. The number of amides is 2. The molecule has 17 heavy (non-hydrogen) atoms. The van der Waals surface area contributed by atoms with E-state index in [1.54, 1.807) is 6.92 Å². The zero-order valence-corrected chi connectivity index (χ0v) is 9.04. The van der Waals surface area contributed by atoms with Crippen LogP contribution in [0.4, 0.5) is 31.1 Å². The molecule has 0 saturated carbocycles. The van der Waals surface area contributed by atoms with Gasteiger partial charge in [-0.3, -0.25) is 0 Å². The topological polar surface area (TPSA) is 41.1 Å². The molecule has 0 unspecified atom stereocenters. The zero-order chi connectivity index (χ0) is 13.9. The molecule has 0 rings (SSSR count). The van der Waals surface area contributed by atoms with Gasteiger partial charge in [-0.2, -0.15) is 26.3 Å². The van der Waals surface area contributed by atoms with E-state index in [0.29, 0.717) is 6.42 Å². The summed E-state index contributed by atoms with van der Waals surface area (Å²) in [6.07, 6.45) is -10.8. The lowest BCUT2D eigenvalue weighted by Crippen LogP contribution is -2.57. The summed E-state index contributed by atoms with van der Waals surface area (Å²) in [5.74, 6) is 0. The van der Waals surface area contributed by atoms with E-state index in [-0.39, 0.29) is 0 Å². The number of hydrogen-bond acceptors (Lipinski definition) is 1. The summed E-state index contributed by atoms with van der Waals surface area (Å²) in [4.78, 5) is 10.9. The molecule has 2 amide bonds. The summed E-state index contributed by atoms with van der Waals surface area (Å²) >= 11 is 0. The van der Waals surface area contributed by atoms with E-state index in [4.69, 9.17) is 0 Å². The Morgan fingerprint density at radius 1 is 1.06 bits per heavy atom. The van der Waals surface area contributed by atoms with Crippen molar-refractivity contribution in [1.29, 1.82) is 0 Å². The quantitative estimate of drug-likeness (QED) is 0.757. The Kier molecular flexibility index (Phi) is 5.09. The van der Waals surface area contributed by atoms with Crippen molar-refractivity contribution in [3.8, 4) is 0 Å². The largest absolute Gasteiger partial charge is 0.417 e. The minimum absolute atomic E-state index is 0.385. The maximum atomic E-state index is 12.0. The fourth-order valence-corrected chi connectivity index (χ4v) is 0.848. The monoisotopic (exact) mass is 266 g/mol. The highest BCUT2D eigenvalue weighted by Crippen LogP contribution is 2.32. The van der Waals surface area contributed by atoms with Crippen molar-refractivity contribution in [3.63, 3.8) is 0 Å². The van der Waals surface area contributed by atoms with Crippen LogP contribution in [0.5, 0.6) is 0 Å². The van der Waals surface area contributed by atoms with Gasteiger partial charge >= 0.3 is 18.4 Å². The molecule has 0 aromatic rings. The average molecular weight is 266 g/mol. The molecule has 0 heterocycles. The van der Waals surface area contributed by atoms with Crippen LogP contribution in [0.3, 0.4) is 0 Å². The van der Waals surface area contributed by atoms with Crippen LogP contribution in [0.1, 0.15) is 20.3 Å². The van der Waals surface area contributed by atoms with Crippen molar-refractivity contribution in [3.05, 3.63) is 0 Å². The second-order valence-corrected chi connectivity index (χ2v) is 3.44. The van der Waals surface area contributed by atoms with Crippen molar-refractivity contribution in [2.75, 3.05) is 0 Å². The fraction of sp³-hybridized carbons (Fsp3) is 0.875. The van der Waals surface area contributed by atoms with Crippen LogP contribution in [0.25, 0.3) is 0 Å². The molecule has 0 saturated heterocycles. The molecule has 0 aliphatic carbocycles. The van der Waals surface area contributed by atoms with Crippen LogP contribution in [0.15, 0.2) is 0 Å². The summed E-state index contributed by atoms with van der Waals surface area (Å²) in [6.45, 7) is 3.08. The van der Waals surface area contributed by atoms with Crippen LogP contribution in [0.2, 0.25) is 0 Å². The van der Waals surface area contributed by atoms with Gasteiger partial charge in [0.05, 0.1) is 0 Å². The summed E-state index contributed by atoms with van der Waals surface area (Å²) in [7, 11) is 0. The van der Waals surface area contributed by atoms with Crippen LogP contribution < -0.4 is 10.6 Å². The van der Waals surface area contributed by atoms with Gasteiger partial charge in [0.2, 0.25) is 6.04 Å². The van der Waals surface area contributed by atoms with Gasteiger partial charge in [-0.1, -0.05) is 6.92 Å². The van der Waals surface area contributed by atoms with Crippen LogP contribution in [-0.2, 0) is 0 Å². The SMILES string of the molecule is CC[C@H](C)NC(=O)NC(C(F)(F)F)C(F)(F)F. The summed E-state index contributed by atoms with van der Waals surface area (Å²) < 4.78 is 72.2. The van der Waals surface area contributed by atoms with Gasteiger partial charge in [0.15, 0.2) is 0 Å². The van der Waals surface area contributed by atoms with Gasteiger partial charge in [0.1, 0.15) is 0 Å². The first kappa shape index (κ1) is 15.9. The number of halogens is 6. The van der Waals surface area contributed by atoms with Gasteiger partial charge in [-0.15, -0.1) is 0 Å². The maximum absolute atomic E-state index is 12.0. The molecule has 0 spiro atoms. The normalized spacial score (nSPS) is 14.6. The molecule has 0 aliphatic rings. The smallest absolute Gasteiger partial charge is 0.336 e. The molecule has 3 nitrogen and oxygen atoms in total. The predicted octanol–water partition coefficient (Wildman–Crippen LogP) is 2.58. The molecule has 0 bridgehead atoms. The second-order valence-electron chi connectivity index (χ2n) is 3.44. The Balaban J connectivity index is 4.63. The molecule has 1 atom stereocenters. The number of carbonyl (C=O) groups excluding carboxylic acids is 1. The van der Waals surface area contributed by atoms with Gasteiger partial charge in [-0.05, 0) is 13.3 Å². The third-order valence-corrected chi connectivity index (χ3v) is 1.92. The van der Waals surface area contributed by atoms with Crippen molar-refractivity contribution in [2.45, 2.75) is 44.7 Å². The Morgan fingerprint density at radius 3 is 1.76 bits per heavy atom. The molecule has 102 valence electrons. The van der Waals surface area contributed by atoms with Crippen molar-refractivity contribution in [2.24, 2.45) is 0 Å². The minimum atomic E-state index is -5.58. The molecule has 2 N–H and O–H groups in total. The van der Waals surface area contributed by atoms with Gasteiger partial charge < -0.3 is 10.6 Å². The Bertz CT molecular complexity index is 248. The first-order valence-electron chi connectivity index (χ1n) is 4.69. The van der Waals surface area contributed by atoms with E-state index in [1.165, 1.54) is 6.92 Å². The van der Waals surface area contributed by atoms with Crippen LogP contribution in [0, 0.1) is 0 Å². The van der Waals surface area contributed by atoms with E-state index in [2.05, 4.69) is 0 Å². The van der Waals surface area contributed by atoms with E-state index in [0.717, 1.165) is 5.32 Å². The molecular weight excluding hydrogens is 254 g/mol. The van der Waals surface area contributed by atoms with E-state index in [1.807, 2.05) is 5.32 Å². The second kappa shape index (κ2) is 5.46. The zero-order valence-electron chi connectivity index (χ0n) is 9.04.